The van der Waals surface area contributed by atoms with Crippen molar-refractivity contribution in [2.24, 2.45) is 0 Å². The molecule has 1 aliphatic rings. The normalized spacial score (nSPS) is 13.5. The monoisotopic (exact) mass is 425 g/mol. The molecule has 0 aliphatic heterocycles. The number of carbonyl (C=O) groups excluding carboxylic acids is 2. The number of nitrogens with one attached hydrogen (secondary N) is 1. The Balaban J connectivity index is 1.75. The van der Waals surface area contributed by atoms with E-state index in [0.29, 0.717) is 22.9 Å². The number of rotatable bonds is 7. The molecule has 0 spiro atoms. The summed E-state index contributed by atoms with van der Waals surface area (Å²) in [5.41, 5.74) is 2.42. The molecule has 2 aromatic rings. The first kappa shape index (κ1) is 22.2. The van der Waals surface area contributed by atoms with Crippen LogP contribution in [0.2, 0.25) is 0 Å². The van der Waals surface area contributed by atoms with Crippen LogP contribution in [0.15, 0.2) is 18.2 Å². The minimum atomic E-state index is -0.704. The fourth-order valence-electron chi connectivity index (χ4n) is 4.06. The van der Waals surface area contributed by atoms with Crippen LogP contribution in [-0.2, 0) is 9.53 Å². The Labute approximate surface area is 181 Å². The highest BCUT2D eigenvalue weighted by Gasteiger charge is 2.27. The topological polar surface area (TPSA) is 103 Å². The number of anilines is 1. The zero-order valence-electron chi connectivity index (χ0n) is 18.3. The standard InChI is InChI=1S/C23H27N3O5/c1-14-15(2)26(16-7-5-6-8-16)22(19(14)12-24)25-21(27)13-31-23(28)18-11-17(29-3)9-10-20(18)30-4/h9-11,16H,5-8,13H2,1-4H3,(H,25,27). The second-order valence-electron chi connectivity index (χ2n) is 7.54. The van der Waals surface area contributed by atoms with Crippen LogP contribution >= 0.6 is 0 Å². The van der Waals surface area contributed by atoms with Crippen molar-refractivity contribution in [2.75, 3.05) is 26.1 Å². The van der Waals surface area contributed by atoms with E-state index in [-0.39, 0.29) is 11.6 Å². The van der Waals surface area contributed by atoms with E-state index in [1.54, 1.807) is 12.1 Å². The SMILES string of the molecule is COc1ccc(OC)c(C(=O)OCC(=O)Nc2c(C#N)c(C)c(C)n2C2CCCC2)c1. The molecule has 1 fully saturated rings. The van der Waals surface area contributed by atoms with Crippen molar-refractivity contribution in [3.05, 3.63) is 40.6 Å². The molecular weight excluding hydrogens is 398 g/mol. The predicted octanol–water partition coefficient (Wildman–Crippen LogP) is 3.90. The number of hydrogen-bond acceptors (Lipinski definition) is 6. The largest absolute Gasteiger partial charge is 0.497 e. The summed E-state index contributed by atoms with van der Waals surface area (Å²) in [5.74, 6) is 0.0494. The van der Waals surface area contributed by atoms with E-state index in [9.17, 15) is 14.9 Å². The van der Waals surface area contributed by atoms with Crippen molar-refractivity contribution in [3.63, 3.8) is 0 Å². The molecule has 164 valence electrons. The van der Waals surface area contributed by atoms with E-state index in [4.69, 9.17) is 14.2 Å². The maximum Gasteiger partial charge on any atom is 0.342 e. The summed E-state index contributed by atoms with van der Waals surface area (Å²) < 4.78 is 17.6. The van der Waals surface area contributed by atoms with Gasteiger partial charge in [-0.25, -0.2) is 4.79 Å². The zero-order chi connectivity index (χ0) is 22.5. The molecule has 1 aromatic heterocycles. The number of amides is 1. The van der Waals surface area contributed by atoms with Gasteiger partial charge in [-0.3, -0.25) is 4.79 Å². The summed E-state index contributed by atoms with van der Waals surface area (Å²) in [6.45, 7) is 3.35. The van der Waals surface area contributed by atoms with Crippen molar-refractivity contribution < 1.29 is 23.8 Å². The van der Waals surface area contributed by atoms with Crippen molar-refractivity contribution in [3.8, 4) is 17.6 Å². The summed E-state index contributed by atoms with van der Waals surface area (Å²) in [4.78, 5) is 25.1. The highest BCUT2D eigenvalue weighted by molar-refractivity contribution is 5.97. The van der Waals surface area contributed by atoms with E-state index in [1.807, 2.05) is 18.4 Å². The fourth-order valence-corrected chi connectivity index (χ4v) is 4.06. The van der Waals surface area contributed by atoms with Crippen LogP contribution in [0.3, 0.4) is 0 Å². The van der Waals surface area contributed by atoms with Crippen LogP contribution < -0.4 is 14.8 Å². The molecule has 0 bridgehead atoms. The highest BCUT2D eigenvalue weighted by Crippen LogP contribution is 2.37. The van der Waals surface area contributed by atoms with Crippen molar-refractivity contribution in [1.82, 2.24) is 4.57 Å². The molecule has 8 heteroatoms. The molecule has 3 rings (SSSR count). The molecule has 0 atom stereocenters. The minimum absolute atomic E-state index is 0.161. The van der Waals surface area contributed by atoms with Gasteiger partial charge < -0.3 is 24.1 Å². The summed E-state index contributed by atoms with van der Waals surface area (Å²) in [6.07, 6.45) is 4.26. The average molecular weight is 425 g/mol. The number of nitriles is 1. The number of benzene rings is 1. The molecule has 1 saturated carbocycles. The van der Waals surface area contributed by atoms with Gasteiger partial charge in [0.1, 0.15) is 28.9 Å². The van der Waals surface area contributed by atoms with E-state index in [0.717, 1.165) is 36.9 Å². The average Bonchev–Trinajstić information content (AvgIpc) is 3.38. The Morgan fingerprint density at radius 3 is 2.52 bits per heavy atom. The fraction of sp³-hybridized carbons (Fsp3) is 0.435. The van der Waals surface area contributed by atoms with Crippen LogP contribution in [0.5, 0.6) is 11.5 Å². The lowest BCUT2D eigenvalue weighted by molar-refractivity contribution is -0.119. The number of methoxy groups -OCH3 is 2. The molecule has 1 amide bonds. The first-order valence-electron chi connectivity index (χ1n) is 10.2. The molecule has 1 aliphatic carbocycles. The third-order valence-corrected chi connectivity index (χ3v) is 5.78. The molecular formula is C23H27N3O5. The summed E-state index contributed by atoms with van der Waals surface area (Å²) in [5, 5.41) is 12.4. The van der Waals surface area contributed by atoms with Gasteiger partial charge in [0.2, 0.25) is 0 Å². The number of esters is 1. The van der Waals surface area contributed by atoms with Gasteiger partial charge in [-0.2, -0.15) is 5.26 Å². The number of aromatic nitrogens is 1. The highest BCUT2D eigenvalue weighted by atomic mass is 16.5. The van der Waals surface area contributed by atoms with Gasteiger partial charge in [-0.05, 0) is 50.5 Å². The Kier molecular flexibility index (Phi) is 6.85. The van der Waals surface area contributed by atoms with Crippen LogP contribution in [0.25, 0.3) is 0 Å². The van der Waals surface area contributed by atoms with E-state index < -0.39 is 18.5 Å². The zero-order valence-corrected chi connectivity index (χ0v) is 18.3. The van der Waals surface area contributed by atoms with Crippen LogP contribution in [0, 0.1) is 25.2 Å². The predicted molar refractivity (Wildman–Crippen MR) is 115 cm³/mol. The smallest absolute Gasteiger partial charge is 0.342 e. The van der Waals surface area contributed by atoms with E-state index in [2.05, 4.69) is 11.4 Å². The lowest BCUT2D eigenvalue weighted by atomic mass is 10.2. The van der Waals surface area contributed by atoms with Gasteiger partial charge in [0, 0.05) is 11.7 Å². The Hall–Kier alpha value is -3.47. The maximum atomic E-state index is 12.6. The molecule has 0 saturated heterocycles. The van der Waals surface area contributed by atoms with Gasteiger partial charge in [-0.15, -0.1) is 0 Å². The lowest BCUT2D eigenvalue weighted by Gasteiger charge is -2.19. The number of carbonyl (C=O) groups is 2. The van der Waals surface area contributed by atoms with Gasteiger partial charge in [0.25, 0.3) is 5.91 Å². The first-order chi connectivity index (χ1) is 14.9. The summed E-state index contributed by atoms with van der Waals surface area (Å²) >= 11 is 0. The molecule has 1 N–H and O–H groups in total. The van der Waals surface area contributed by atoms with Crippen molar-refractivity contribution in [2.45, 2.75) is 45.6 Å². The maximum absolute atomic E-state index is 12.6. The molecule has 1 heterocycles. The Morgan fingerprint density at radius 2 is 1.90 bits per heavy atom. The molecule has 31 heavy (non-hydrogen) atoms. The molecule has 8 nitrogen and oxygen atoms in total. The van der Waals surface area contributed by atoms with Gasteiger partial charge in [-0.1, -0.05) is 12.8 Å². The molecule has 0 radical (unpaired) electrons. The number of hydrogen-bond donors (Lipinski definition) is 1. The molecule has 1 aromatic carbocycles. The third-order valence-electron chi connectivity index (χ3n) is 5.78. The van der Waals surface area contributed by atoms with Gasteiger partial charge in [0.05, 0.1) is 19.8 Å². The Bertz CT molecular complexity index is 1030. The molecule has 0 unspecified atom stereocenters. The Morgan fingerprint density at radius 1 is 1.19 bits per heavy atom. The summed E-state index contributed by atoms with van der Waals surface area (Å²) in [7, 11) is 2.93. The first-order valence-corrected chi connectivity index (χ1v) is 10.2. The second kappa shape index (κ2) is 9.56. The van der Waals surface area contributed by atoms with Crippen molar-refractivity contribution in [1.29, 1.82) is 5.26 Å². The van der Waals surface area contributed by atoms with Crippen LogP contribution in [0.1, 0.15) is 58.9 Å². The van der Waals surface area contributed by atoms with Crippen LogP contribution in [-0.4, -0.2) is 37.3 Å². The second-order valence-corrected chi connectivity index (χ2v) is 7.54. The van der Waals surface area contributed by atoms with Crippen molar-refractivity contribution >= 4 is 17.7 Å². The quantitative estimate of drug-likeness (QED) is 0.675. The number of nitrogens with zero attached hydrogens (tertiary/aromatic N) is 2. The third kappa shape index (κ3) is 4.50. The van der Waals surface area contributed by atoms with E-state index >= 15 is 0 Å². The van der Waals surface area contributed by atoms with Gasteiger partial charge >= 0.3 is 5.97 Å². The van der Waals surface area contributed by atoms with Crippen LogP contribution in [0.4, 0.5) is 5.82 Å². The van der Waals surface area contributed by atoms with Gasteiger partial charge in [0.15, 0.2) is 6.61 Å². The summed E-state index contributed by atoms with van der Waals surface area (Å²) in [6, 6.07) is 7.19. The minimum Gasteiger partial charge on any atom is -0.497 e. The lowest BCUT2D eigenvalue weighted by Crippen LogP contribution is -2.24. The van der Waals surface area contributed by atoms with E-state index in [1.165, 1.54) is 20.3 Å². The number of ether oxygens (including phenoxy) is 3.